The molecule has 11 heavy (non-hydrogen) atoms. The first-order valence-electron chi connectivity index (χ1n) is 3.52. The molecule has 2 heteroatoms. The van der Waals surface area contributed by atoms with Crippen LogP contribution in [-0.4, -0.2) is 11.5 Å². The van der Waals surface area contributed by atoms with Gasteiger partial charge in [-0.3, -0.25) is 4.40 Å². The molecule has 0 N–H and O–H groups in total. The third-order valence-corrected chi connectivity index (χ3v) is 1.73. The minimum atomic E-state index is 0.876. The minimum Gasteiger partial charge on any atom is -0.482 e. The largest absolute Gasteiger partial charge is 0.482 e. The van der Waals surface area contributed by atoms with Gasteiger partial charge in [0.2, 0.25) is 0 Å². The number of hydrogen-bond donors (Lipinski definition) is 0. The van der Waals surface area contributed by atoms with E-state index in [1.165, 1.54) is 0 Å². The van der Waals surface area contributed by atoms with Gasteiger partial charge in [0.15, 0.2) is 5.88 Å². The molecule has 0 spiro atoms. The average molecular weight is 147 g/mol. The number of ether oxygens (including phenoxy) is 1. The second-order valence-corrected chi connectivity index (χ2v) is 2.37. The molecule has 0 atom stereocenters. The van der Waals surface area contributed by atoms with Crippen LogP contribution in [0.25, 0.3) is 5.52 Å². The van der Waals surface area contributed by atoms with Crippen LogP contribution < -0.4 is 4.74 Å². The van der Waals surface area contributed by atoms with Crippen LogP contribution in [0, 0.1) is 0 Å². The van der Waals surface area contributed by atoms with Crippen LogP contribution in [0.1, 0.15) is 0 Å². The Kier molecular flexibility index (Phi) is 1.32. The van der Waals surface area contributed by atoms with Crippen LogP contribution >= 0.6 is 0 Å². The van der Waals surface area contributed by atoms with E-state index in [0.717, 1.165) is 11.4 Å². The van der Waals surface area contributed by atoms with Crippen molar-refractivity contribution in [3.05, 3.63) is 36.5 Å². The lowest BCUT2D eigenvalue weighted by Crippen LogP contribution is -1.88. The van der Waals surface area contributed by atoms with Crippen molar-refractivity contribution in [2.75, 3.05) is 7.11 Å². The Hall–Kier alpha value is -1.44. The van der Waals surface area contributed by atoms with E-state index in [1.54, 1.807) is 7.11 Å². The molecule has 0 aliphatic rings. The highest BCUT2D eigenvalue weighted by molar-refractivity contribution is 5.51. The van der Waals surface area contributed by atoms with E-state index in [2.05, 4.69) is 0 Å². The van der Waals surface area contributed by atoms with Crippen molar-refractivity contribution in [2.45, 2.75) is 0 Å². The molecule has 0 saturated heterocycles. The Morgan fingerprint density at radius 1 is 1.18 bits per heavy atom. The van der Waals surface area contributed by atoms with Crippen LogP contribution in [0.15, 0.2) is 36.5 Å². The molecular formula is C9H9NO. The zero-order valence-electron chi connectivity index (χ0n) is 6.32. The highest BCUT2D eigenvalue weighted by atomic mass is 16.5. The summed E-state index contributed by atoms with van der Waals surface area (Å²) in [5.41, 5.74) is 1.16. The minimum absolute atomic E-state index is 0.876. The fourth-order valence-corrected chi connectivity index (χ4v) is 1.20. The Morgan fingerprint density at radius 2 is 2.09 bits per heavy atom. The van der Waals surface area contributed by atoms with Crippen molar-refractivity contribution in [3.8, 4) is 5.88 Å². The Bertz CT molecular complexity index is 364. The zero-order chi connectivity index (χ0) is 7.68. The Balaban J connectivity index is 2.76. The van der Waals surface area contributed by atoms with Gasteiger partial charge in [0, 0.05) is 17.8 Å². The van der Waals surface area contributed by atoms with E-state index in [-0.39, 0.29) is 0 Å². The first kappa shape index (κ1) is 6.28. The number of fused-ring (bicyclic) bond motifs is 1. The summed E-state index contributed by atoms with van der Waals surface area (Å²) in [6.45, 7) is 0. The molecule has 2 aromatic rings. The number of aromatic nitrogens is 1. The summed E-state index contributed by atoms with van der Waals surface area (Å²) in [7, 11) is 1.68. The van der Waals surface area contributed by atoms with E-state index in [0.29, 0.717) is 0 Å². The molecule has 56 valence electrons. The molecule has 0 aliphatic heterocycles. The number of rotatable bonds is 1. The van der Waals surface area contributed by atoms with E-state index in [4.69, 9.17) is 4.74 Å². The molecule has 0 radical (unpaired) electrons. The quantitative estimate of drug-likeness (QED) is 0.601. The van der Waals surface area contributed by atoms with Gasteiger partial charge < -0.3 is 4.74 Å². The van der Waals surface area contributed by atoms with Crippen LogP contribution in [0.4, 0.5) is 0 Å². The Labute approximate surface area is 65.0 Å². The Morgan fingerprint density at radius 3 is 2.91 bits per heavy atom. The van der Waals surface area contributed by atoms with Gasteiger partial charge >= 0.3 is 0 Å². The lowest BCUT2D eigenvalue weighted by atomic mass is 10.4. The molecular weight excluding hydrogens is 138 g/mol. The van der Waals surface area contributed by atoms with Crippen LogP contribution in [0.3, 0.4) is 0 Å². The summed E-state index contributed by atoms with van der Waals surface area (Å²) in [6.07, 6.45) is 1.98. The van der Waals surface area contributed by atoms with Gasteiger partial charge in [0.1, 0.15) is 0 Å². The highest BCUT2D eigenvalue weighted by Gasteiger charge is 1.96. The van der Waals surface area contributed by atoms with Gasteiger partial charge in [-0.1, -0.05) is 6.07 Å². The third kappa shape index (κ3) is 0.871. The van der Waals surface area contributed by atoms with E-state index < -0.39 is 0 Å². The lowest BCUT2D eigenvalue weighted by molar-refractivity contribution is 0.394. The summed E-state index contributed by atoms with van der Waals surface area (Å²) in [5, 5.41) is 0. The summed E-state index contributed by atoms with van der Waals surface area (Å²) >= 11 is 0. The number of hydrogen-bond acceptors (Lipinski definition) is 1. The topological polar surface area (TPSA) is 13.6 Å². The molecule has 0 aromatic carbocycles. The van der Waals surface area contributed by atoms with Crippen LogP contribution in [0.2, 0.25) is 0 Å². The number of methoxy groups -OCH3 is 1. The van der Waals surface area contributed by atoms with Crippen LogP contribution in [-0.2, 0) is 0 Å². The van der Waals surface area contributed by atoms with Crippen molar-refractivity contribution < 1.29 is 4.74 Å². The van der Waals surface area contributed by atoms with Crippen molar-refractivity contribution in [3.63, 3.8) is 0 Å². The SMILES string of the molecule is COc1ccc2ccccn12. The lowest BCUT2D eigenvalue weighted by Gasteiger charge is -1.98. The van der Waals surface area contributed by atoms with Gasteiger partial charge in [-0.2, -0.15) is 0 Å². The standard InChI is InChI=1S/C9H9NO/c1-11-9-6-5-8-4-2-3-7-10(8)9/h2-7H,1H3. The second kappa shape index (κ2) is 2.31. The normalized spacial score (nSPS) is 10.3. The molecule has 2 aromatic heterocycles. The van der Waals surface area contributed by atoms with E-state index >= 15 is 0 Å². The number of nitrogens with zero attached hydrogens (tertiary/aromatic N) is 1. The molecule has 0 saturated carbocycles. The second-order valence-electron chi connectivity index (χ2n) is 2.37. The number of pyridine rings is 1. The first-order valence-corrected chi connectivity index (χ1v) is 3.52. The van der Waals surface area contributed by atoms with Crippen LogP contribution in [0.5, 0.6) is 5.88 Å². The third-order valence-electron chi connectivity index (χ3n) is 1.73. The maximum atomic E-state index is 5.13. The monoisotopic (exact) mass is 147 g/mol. The summed E-state index contributed by atoms with van der Waals surface area (Å²) in [4.78, 5) is 0. The fraction of sp³-hybridized carbons (Fsp3) is 0.111. The summed E-state index contributed by atoms with van der Waals surface area (Å²) in [6, 6.07) is 10.0. The summed E-state index contributed by atoms with van der Waals surface area (Å²) < 4.78 is 7.13. The maximum absolute atomic E-state index is 5.13. The fourth-order valence-electron chi connectivity index (χ4n) is 1.20. The van der Waals surface area contributed by atoms with Crippen molar-refractivity contribution >= 4 is 5.52 Å². The van der Waals surface area contributed by atoms with E-state index in [1.807, 2.05) is 40.9 Å². The van der Waals surface area contributed by atoms with Crippen molar-refractivity contribution in [1.82, 2.24) is 4.40 Å². The molecule has 0 fully saturated rings. The summed E-state index contributed by atoms with van der Waals surface area (Å²) in [5.74, 6) is 0.876. The molecule has 0 bridgehead atoms. The van der Waals surface area contributed by atoms with Gasteiger partial charge in [-0.15, -0.1) is 0 Å². The molecule has 2 nitrogen and oxygen atoms in total. The maximum Gasteiger partial charge on any atom is 0.197 e. The molecule has 2 heterocycles. The van der Waals surface area contributed by atoms with Crippen molar-refractivity contribution in [2.24, 2.45) is 0 Å². The molecule has 0 amide bonds. The van der Waals surface area contributed by atoms with Crippen molar-refractivity contribution in [1.29, 1.82) is 0 Å². The van der Waals surface area contributed by atoms with Gasteiger partial charge in [0.25, 0.3) is 0 Å². The predicted octanol–water partition coefficient (Wildman–Crippen LogP) is 1.95. The molecule has 2 rings (SSSR count). The average Bonchev–Trinajstić information content (AvgIpc) is 2.47. The highest BCUT2D eigenvalue weighted by Crippen LogP contribution is 2.15. The van der Waals surface area contributed by atoms with E-state index in [9.17, 15) is 0 Å². The van der Waals surface area contributed by atoms with Gasteiger partial charge in [-0.05, 0) is 18.2 Å². The predicted molar refractivity (Wildman–Crippen MR) is 43.9 cm³/mol. The molecule has 0 aliphatic carbocycles. The van der Waals surface area contributed by atoms with Gasteiger partial charge in [-0.25, -0.2) is 0 Å². The smallest absolute Gasteiger partial charge is 0.197 e. The zero-order valence-corrected chi connectivity index (χ0v) is 6.32. The molecule has 0 unspecified atom stereocenters. The van der Waals surface area contributed by atoms with Gasteiger partial charge in [0.05, 0.1) is 7.11 Å². The first-order chi connectivity index (χ1) is 5.42.